The van der Waals surface area contributed by atoms with Gasteiger partial charge in [-0.25, -0.2) is 13.8 Å². The second kappa shape index (κ2) is 8.80. The van der Waals surface area contributed by atoms with Gasteiger partial charge in [-0.1, -0.05) is 13.0 Å². The molecule has 0 aromatic carbocycles. The van der Waals surface area contributed by atoms with Gasteiger partial charge in [0.05, 0.1) is 6.54 Å². The molecule has 0 saturated heterocycles. The quantitative estimate of drug-likeness (QED) is 0.678. The number of unbranched alkanes of at least 4 members (excludes halogenated alkanes) is 1. The molecule has 19 heavy (non-hydrogen) atoms. The number of alkyl halides is 2. The Morgan fingerprint density at radius 2 is 2.05 bits per heavy atom. The van der Waals surface area contributed by atoms with Crippen LogP contribution >= 0.6 is 0 Å². The third-order valence-electron chi connectivity index (χ3n) is 2.99. The van der Waals surface area contributed by atoms with Gasteiger partial charge in [0.1, 0.15) is 5.82 Å². The summed E-state index contributed by atoms with van der Waals surface area (Å²) in [7, 11) is 1.87. The molecule has 1 heterocycles. The molecule has 0 aliphatic rings. The van der Waals surface area contributed by atoms with E-state index in [-0.39, 0.29) is 6.54 Å². The summed E-state index contributed by atoms with van der Waals surface area (Å²) in [4.78, 5) is 4.56. The number of nitrogens with zero attached hydrogens (tertiary/aromatic N) is 1. The topological polar surface area (TPSA) is 37.0 Å². The van der Waals surface area contributed by atoms with Crippen LogP contribution in [0.5, 0.6) is 0 Å². The van der Waals surface area contributed by atoms with Crippen LogP contribution in [0, 0.1) is 0 Å². The summed E-state index contributed by atoms with van der Waals surface area (Å²) < 4.78 is 23.8. The minimum absolute atomic E-state index is 0.215. The van der Waals surface area contributed by atoms with E-state index in [1.165, 1.54) is 5.56 Å². The average Bonchev–Trinajstić information content (AvgIpc) is 2.42. The van der Waals surface area contributed by atoms with Crippen LogP contribution in [0.1, 0.15) is 31.0 Å². The van der Waals surface area contributed by atoms with Crippen LogP contribution in [-0.4, -0.2) is 31.5 Å². The zero-order chi connectivity index (χ0) is 14.1. The van der Waals surface area contributed by atoms with E-state index in [0.717, 1.165) is 37.2 Å². The van der Waals surface area contributed by atoms with E-state index in [2.05, 4.69) is 28.6 Å². The van der Waals surface area contributed by atoms with E-state index in [4.69, 9.17) is 0 Å². The van der Waals surface area contributed by atoms with Gasteiger partial charge in [0.25, 0.3) is 6.43 Å². The summed E-state index contributed by atoms with van der Waals surface area (Å²) in [6, 6.07) is 4.15. The molecule has 2 N–H and O–H groups in total. The average molecular weight is 271 g/mol. The van der Waals surface area contributed by atoms with Crippen molar-refractivity contribution in [3.63, 3.8) is 0 Å². The van der Waals surface area contributed by atoms with E-state index in [0.29, 0.717) is 6.54 Å². The van der Waals surface area contributed by atoms with Crippen LogP contribution in [0.3, 0.4) is 0 Å². The van der Waals surface area contributed by atoms with Crippen molar-refractivity contribution in [3.05, 3.63) is 23.4 Å². The van der Waals surface area contributed by atoms with Crippen molar-refractivity contribution in [1.29, 1.82) is 0 Å². The van der Waals surface area contributed by atoms with E-state index < -0.39 is 6.43 Å². The fourth-order valence-electron chi connectivity index (χ4n) is 1.94. The zero-order valence-corrected chi connectivity index (χ0v) is 11.7. The number of hydrogen-bond acceptors (Lipinski definition) is 3. The van der Waals surface area contributed by atoms with E-state index in [1.54, 1.807) is 0 Å². The van der Waals surface area contributed by atoms with Gasteiger partial charge in [-0.3, -0.25) is 0 Å². The highest BCUT2D eigenvalue weighted by molar-refractivity contribution is 5.44. The maximum Gasteiger partial charge on any atom is 0.250 e. The van der Waals surface area contributed by atoms with Gasteiger partial charge in [0, 0.05) is 12.7 Å². The van der Waals surface area contributed by atoms with Crippen molar-refractivity contribution < 1.29 is 8.78 Å². The predicted molar refractivity (Wildman–Crippen MR) is 75.0 cm³/mol. The molecular formula is C14H23F2N3. The maximum atomic E-state index is 11.9. The lowest BCUT2D eigenvalue weighted by Crippen LogP contribution is -2.22. The first-order valence-corrected chi connectivity index (χ1v) is 6.82. The third-order valence-corrected chi connectivity index (χ3v) is 2.99. The molecule has 0 aliphatic heterocycles. The van der Waals surface area contributed by atoms with E-state index in [9.17, 15) is 8.78 Å². The van der Waals surface area contributed by atoms with Gasteiger partial charge in [-0.05, 0) is 43.9 Å². The fourth-order valence-corrected chi connectivity index (χ4v) is 1.94. The van der Waals surface area contributed by atoms with Crippen molar-refractivity contribution in [2.45, 2.75) is 39.0 Å². The summed E-state index contributed by atoms with van der Waals surface area (Å²) in [5, 5.41) is 5.83. The first kappa shape index (κ1) is 15.8. The molecule has 0 atom stereocenters. The first-order valence-electron chi connectivity index (χ1n) is 6.82. The van der Waals surface area contributed by atoms with Gasteiger partial charge in [-0.2, -0.15) is 0 Å². The molecule has 0 bridgehead atoms. The second-order valence-corrected chi connectivity index (χ2v) is 4.47. The van der Waals surface area contributed by atoms with E-state index in [1.807, 2.05) is 13.1 Å². The van der Waals surface area contributed by atoms with Crippen LogP contribution in [-0.2, 0) is 12.8 Å². The number of aryl methyl sites for hydroxylation is 2. The Kier molecular flexibility index (Phi) is 7.33. The van der Waals surface area contributed by atoms with Gasteiger partial charge >= 0.3 is 0 Å². The molecular weight excluding hydrogens is 248 g/mol. The fraction of sp³-hybridized carbons (Fsp3) is 0.643. The molecule has 3 nitrogen and oxygen atoms in total. The number of anilines is 1. The molecule has 1 aromatic heterocycles. The van der Waals surface area contributed by atoms with Crippen LogP contribution < -0.4 is 10.6 Å². The molecule has 1 rings (SSSR count). The first-order chi connectivity index (χ1) is 9.17. The maximum absolute atomic E-state index is 11.9. The molecule has 0 amide bonds. The molecule has 0 aliphatic carbocycles. The normalized spacial score (nSPS) is 11.0. The lowest BCUT2D eigenvalue weighted by atomic mass is 10.1. The summed E-state index contributed by atoms with van der Waals surface area (Å²) >= 11 is 0. The molecule has 0 spiro atoms. The third kappa shape index (κ3) is 5.96. The molecule has 0 saturated carbocycles. The van der Waals surface area contributed by atoms with Crippen molar-refractivity contribution in [1.82, 2.24) is 10.3 Å². The largest absolute Gasteiger partial charge is 0.373 e. The zero-order valence-electron chi connectivity index (χ0n) is 11.7. The highest BCUT2D eigenvalue weighted by Crippen LogP contribution is 2.14. The van der Waals surface area contributed by atoms with Gasteiger partial charge in [0.2, 0.25) is 0 Å². The summed E-state index contributed by atoms with van der Waals surface area (Å²) in [5.74, 6) is 0.941. The predicted octanol–water partition coefficient (Wildman–Crippen LogP) is 2.86. The van der Waals surface area contributed by atoms with E-state index >= 15 is 0 Å². The van der Waals surface area contributed by atoms with Crippen LogP contribution in [0.2, 0.25) is 0 Å². The van der Waals surface area contributed by atoms with Gasteiger partial charge < -0.3 is 10.6 Å². The number of pyridine rings is 1. The number of halogens is 2. The Labute approximate surface area is 113 Å². The molecule has 1 aromatic rings. The number of aromatic nitrogens is 1. The standard InChI is InChI=1S/C14H23F2N3/c1-3-11-7-8-12(19-14(11)17-2)6-4-5-9-18-10-13(15)16/h7-8,13,18H,3-6,9-10H2,1-2H3,(H,17,19). The molecule has 0 unspecified atom stereocenters. The SMILES string of the molecule is CCc1ccc(CCCCNCC(F)F)nc1NC. The van der Waals surface area contributed by atoms with Crippen molar-refractivity contribution in [2.75, 3.05) is 25.5 Å². The van der Waals surface area contributed by atoms with Gasteiger partial charge in [0.15, 0.2) is 0 Å². The molecule has 5 heteroatoms. The Morgan fingerprint density at radius 3 is 2.68 bits per heavy atom. The lowest BCUT2D eigenvalue weighted by molar-refractivity contribution is 0.146. The smallest absolute Gasteiger partial charge is 0.250 e. The Bertz CT molecular complexity index is 370. The number of nitrogens with one attached hydrogen (secondary N) is 2. The monoisotopic (exact) mass is 271 g/mol. The Morgan fingerprint density at radius 1 is 1.26 bits per heavy atom. The summed E-state index contributed by atoms with van der Waals surface area (Å²) in [6.45, 7) is 2.52. The second-order valence-electron chi connectivity index (χ2n) is 4.47. The minimum Gasteiger partial charge on any atom is -0.373 e. The summed E-state index contributed by atoms with van der Waals surface area (Å²) in [6.07, 6.45) is 1.42. The van der Waals surface area contributed by atoms with Crippen LogP contribution in [0.15, 0.2) is 12.1 Å². The summed E-state index contributed by atoms with van der Waals surface area (Å²) in [5.41, 5.74) is 2.26. The molecule has 0 fully saturated rings. The van der Waals surface area contributed by atoms with Crippen molar-refractivity contribution in [3.8, 4) is 0 Å². The Hall–Kier alpha value is -1.23. The number of hydrogen-bond donors (Lipinski definition) is 2. The minimum atomic E-state index is -2.26. The highest BCUT2D eigenvalue weighted by atomic mass is 19.3. The van der Waals surface area contributed by atoms with Crippen molar-refractivity contribution in [2.24, 2.45) is 0 Å². The van der Waals surface area contributed by atoms with Crippen LogP contribution in [0.4, 0.5) is 14.6 Å². The lowest BCUT2D eigenvalue weighted by Gasteiger charge is -2.09. The number of rotatable bonds is 9. The molecule has 108 valence electrons. The van der Waals surface area contributed by atoms with Crippen LogP contribution in [0.25, 0.3) is 0 Å². The van der Waals surface area contributed by atoms with Gasteiger partial charge in [-0.15, -0.1) is 0 Å². The highest BCUT2D eigenvalue weighted by Gasteiger charge is 2.03. The molecule has 0 radical (unpaired) electrons. The Balaban J connectivity index is 2.29. The van der Waals surface area contributed by atoms with Crippen molar-refractivity contribution >= 4 is 5.82 Å².